The van der Waals surface area contributed by atoms with Gasteiger partial charge < -0.3 is 19.5 Å². The summed E-state index contributed by atoms with van der Waals surface area (Å²) in [4.78, 5) is 13.1. The fraction of sp³-hybridized carbons (Fsp3) is 0.435. The van der Waals surface area contributed by atoms with Crippen LogP contribution in [0.15, 0.2) is 42.5 Å². The molecule has 150 valence electrons. The average molecular weight is 383 g/mol. The van der Waals surface area contributed by atoms with Crippen LogP contribution in [0.3, 0.4) is 0 Å². The number of hydrogen-bond donors (Lipinski definition) is 1. The van der Waals surface area contributed by atoms with E-state index in [1.807, 2.05) is 42.5 Å². The summed E-state index contributed by atoms with van der Waals surface area (Å²) < 4.78 is 15.9. The standard InChI is InChI=1S/C23H29NO4/c1-26-19-9-7-18(8-10-19)23(13-4-5-14-23)22(25)24-15-12-17-6-11-20(27-2)21(16-17)28-3/h6-11,16H,4-5,12-15H2,1-3H3,(H,24,25). The maximum atomic E-state index is 13.1. The Balaban J connectivity index is 1.66. The fourth-order valence-corrected chi connectivity index (χ4v) is 4.06. The van der Waals surface area contributed by atoms with Gasteiger partial charge in [-0.2, -0.15) is 0 Å². The molecule has 0 bridgehead atoms. The summed E-state index contributed by atoms with van der Waals surface area (Å²) in [6, 6.07) is 13.8. The summed E-state index contributed by atoms with van der Waals surface area (Å²) >= 11 is 0. The molecule has 0 saturated heterocycles. The third-order valence-corrected chi connectivity index (χ3v) is 5.68. The fourth-order valence-electron chi connectivity index (χ4n) is 4.06. The van der Waals surface area contributed by atoms with Crippen molar-refractivity contribution in [2.75, 3.05) is 27.9 Å². The van der Waals surface area contributed by atoms with Gasteiger partial charge >= 0.3 is 0 Å². The van der Waals surface area contributed by atoms with Gasteiger partial charge in [0.25, 0.3) is 0 Å². The first kappa shape index (κ1) is 20.1. The van der Waals surface area contributed by atoms with Crippen LogP contribution in [0.2, 0.25) is 0 Å². The molecule has 1 N–H and O–H groups in total. The maximum Gasteiger partial charge on any atom is 0.230 e. The Bertz CT molecular complexity index is 795. The molecule has 0 atom stereocenters. The van der Waals surface area contributed by atoms with Crippen molar-refractivity contribution >= 4 is 5.91 Å². The van der Waals surface area contributed by atoms with Gasteiger partial charge in [0.05, 0.1) is 26.7 Å². The van der Waals surface area contributed by atoms with E-state index >= 15 is 0 Å². The molecule has 5 heteroatoms. The SMILES string of the molecule is COc1ccc(C2(C(=O)NCCc3ccc(OC)c(OC)c3)CCCC2)cc1. The first-order chi connectivity index (χ1) is 13.6. The van der Waals surface area contributed by atoms with Crippen molar-refractivity contribution in [2.45, 2.75) is 37.5 Å². The van der Waals surface area contributed by atoms with Gasteiger partial charge in [-0.25, -0.2) is 0 Å². The van der Waals surface area contributed by atoms with Crippen molar-refractivity contribution in [3.63, 3.8) is 0 Å². The van der Waals surface area contributed by atoms with Gasteiger partial charge in [-0.05, 0) is 54.7 Å². The number of carbonyl (C=O) groups excluding carboxylic acids is 1. The summed E-state index contributed by atoms with van der Waals surface area (Å²) in [7, 11) is 4.90. The zero-order valence-corrected chi connectivity index (χ0v) is 16.9. The Hall–Kier alpha value is -2.69. The third-order valence-electron chi connectivity index (χ3n) is 5.68. The summed E-state index contributed by atoms with van der Waals surface area (Å²) in [5.41, 5.74) is 1.75. The number of ether oxygens (including phenoxy) is 3. The van der Waals surface area contributed by atoms with E-state index in [4.69, 9.17) is 14.2 Å². The van der Waals surface area contributed by atoms with Gasteiger partial charge in [-0.3, -0.25) is 4.79 Å². The van der Waals surface area contributed by atoms with Gasteiger partial charge in [0, 0.05) is 6.54 Å². The van der Waals surface area contributed by atoms with E-state index in [1.165, 1.54) is 0 Å². The molecular weight excluding hydrogens is 354 g/mol. The van der Waals surface area contributed by atoms with Crippen molar-refractivity contribution in [1.29, 1.82) is 0 Å². The molecule has 0 radical (unpaired) electrons. The van der Waals surface area contributed by atoms with Crippen molar-refractivity contribution < 1.29 is 19.0 Å². The van der Waals surface area contributed by atoms with Crippen molar-refractivity contribution in [3.05, 3.63) is 53.6 Å². The molecule has 1 amide bonds. The summed E-state index contributed by atoms with van der Waals surface area (Å²) in [6.07, 6.45) is 4.68. The molecule has 0 aliphatic heterocycles. The lowest BCUT2D eigenvalue weighted by molar-refractivity contribution is -0.126. The van der Waals surface area contributed by atoms with Crippen LogP contribution in [-0.4, -0.2) is 33.8 Å². The molecule has 3 rings (SSSR count). The highest BCUT2D eigenvalue weighted by Gasteiger charge is 2.42. The number of rotatable bonds is 8. The van der Waals surface area contributed by atoms with E-state index < -0.39 is 5.41 Å². The van der Waals surface area contributed by atoms with Crippen LogP contribution in [0, 0.1) is 0 Å². The number of carbonyl (C=O) groups is 1. The molecule has 0 heterocycles. The van der Waals surface area contributed by atoms with Gasteiger partial charge in [0.15, 0.2) is 11.5 Å². The third kappa shape index (κ3) is 4.08. The minimum absolute atomic E-state index is 0.121. The molecule has 1 saturated carbocycles. The van der Waals surface area contributed by atoms with Gasteiger partial charge in [0.1, 0.15) is 5.75 Å². The van der Waals surface area contributed by atoms with Gasteiger partial charge in [0.2, 0.25) is 5.91 Å². The van der Waals surface area contributed by atoms with Gasteiger partial charge in [-0.15, -0.1) is 0 Å². The van der Waals surface area contributed by atoms with Crippen molar-refractivity contribution in [3.8, 4) is 17.2 Å². The second kappa shape index (κ2) is 9.00. The Morgan fingerprint density at radius 2 is 1.61 bits per heavy atom. The Morgan fingerprint density at radius 3 is 2.21 bits per heavy atom. The van der Waals surface area contributed by atoms with Crippen LogP contribution in [-0.2, 0) is 16.6 Å². The van der Waals surface area contributed by atoms with Crippen LogP contribution < -0.4 is 19.5 Å². The van der Waals surface area contributed by atoms with Crippen molar-refractivity contribution in [1.82, 2.24) is 5.32 Å². The van der Waals surface area contributed by atoms with Crippen molar-refractivity contribution in [2.24, 2.45) is 0 Å². The number of nitrogens with one attached hydrogen (secondary N) is 1. The van der Waals surface area contributed by atoms with Crippen LogP contribution in [0.1, 0.15) is 36.8 Å². The quantitative estimate of drug-likeness (QED) is 0.752. The van der Waals surface area contributed by atoms with E-state index in [0.29, 0.717) is 18.0 Å². The molecule has 2 aromatic rings. The van der Waals surface area contributed by atoms with Crippen LogP contribution in [0.25, 0.3) is 0 Å². The number of benzene rings is 2. The Labute approximate surface area is 167 Å². The maximum absolute atomic E-state index is 13.1. The van der Waals surface area contributed by atoms with E-state index in [2.05, 4.69) is 5.32 Å². The van der Waals surface area contributed by atoms with Gasteiger partial charge in [-0.1, -0.05) is 31.0 Å². The summed E-state index contributed by atoms with van der Waals surface area (Å²) in [6.45, 7) is 0.590. The minimum Gasteiger partial charge on any atom is -0.497 e. The lowest BCUT2D eigenvalue weighted by Gasteiger charge is -2.28. The zero-order valence-electron chi connectivity index (χ0n) is 16.9. The smallest absolute Gasteiger partial charge is 0.230 e. The van der Waals surface area contributed by atoms with Crippen LogP contribution >= 0.6 is 0 Å². The molecule has 28 heavy (non-hydrogen) atoms. The van der Waals surface area contributed by atoms with Crippen LogP contribution in [0.5, 0.6) is 17.2 Å². The lowest BCUT2D eigenvalue weighted by Crippen LogP contribution is -2.43. The molecule has 1 aliphatic carbocycles. The molecule has 2 aromatic carbocycles. The molecule has 0 aromatic heterocycles. The summed E-state index contributed by atoms with van der Waals surface area (Å²) in [5.74, 6) is 2.35. The molecule has 0 spiro atoms. The number of amides is 1. The Morgan fingerprint density at radius 1 is 0.929 bits per heavy atom. The number of methoxy groups -OCH3 is 3. The topological polar surface area (TPSA) is 56.8 Å². The van der Waals surface area contributed by atoms with E-state index in [-0.39, 0.29) is 5.91 Å². The summed E-state index contributed by atoms with van der Waals surface area (Å²) in [5, 5.41) is 3.16. The average Bonchev–Trinajstić information content (AvgIpc) is 3.25. The second-order valence-corrected chi connectivity index (χ2v) is 7.21. The predicted molar refractivity (Wildman–Crippen MR) is 109 cm³/mol. The highest BCUT2D eigenvalue weighted by molar-refractivity contribution is 5.88. The second-order valence-electron chi connectivity index (χ2n) is 7.21. The minimum atomic E-state index is -0.427. The van der Waals surface area contributed by atoms with E-state index in [1.54, 1.807) is 21.3 Å². The first-order valence-corrected chi connectivity index (χ1v) is 9.76. The lowest BCUT2D eigenvalue weighted by atomic mass is 9.78. The predicted octanol–water partition coefficient (Wildman–Crippen LogP) is 3.88. The van der Waals surface area contributed by atoms with Crippen LogP contribution in [0.4, 0.5) is 0 Å². The highest BCUT2D eigenvalue weighted by atomic mass is 16.5. The Kier molecular flexibility index (Phi) is 6.45. The molecule has 0 unspecified atom stereocenters. The number of hydrogen-bond acceptors (Lipinski definition) is 4. The zero-order chi connectivity index (χ0) is 20.0. The molecular formula is C23H29NO4. The molecule has 1 aliphatic rings. The highest BCUT2D eigenvalue weighted by Crippen LogP contribution is 2.41. The molecule has 5 nitrogen and oxygen atoms in total. The van der Waals surface area contributed by atoms with E-state index in [9.17, 15) is 4.79 Å². The van der Waals surface area contributed by atoms with E-state index in [0.717, 1.165) is 49.0 Å². The largest absolute Gasteiger partial charge is 0.497 e. The first-order valence-electron chi connectivity index (χ1n) is 9.76. The molecule has 1 fully saturated rings. The monoisotopic (exact) mass is 383 g/mol. The normalized spacial score (nSPS) is 15.1.